The van der Waals surface area contributed by atoms with Gasteiger partial charge < -0.3 is 19.2 Å². The first kappa shape index (κ1) is 23.2. The Labute approximate surface area is 208 Å². The second-order valence-electron chi connectivity index (χ2n) is 8.69. The monoisotopic (exact) mass is 486 g/mol. The van der Waals surface area contributed by atoms with Crippen LogP contribution in [-0.4, -0.2) is 41.4 Å². The van der Waals surface area contributed by atoms with E-state index in [2.05, 4.69) is 10.4 Å². The van der Waals surface area contributed by atoms with Crippen LogP contribution in [0.5, 0.6) is 11.5 Å². The van der Waals surface area contributed by atoms with Gasteiger partial charge in [0.1, 0.15) is 28.4 Å². The molecule has 1 aliphatic rings. The van der Waals surface area contributed by atoms with Gasteiger partial charge in [-0.05, 0) is 61.0 Å². The Morgan fingerprint density at radius 2 is 1.72 bits per heavy atom. The Kier molecular flexibility index (Phi) is 5.97. The quantitative estimate of drug-likeness (QED) is 0.426. The van der Waals surface area contributed by atoms with E-state index in [1.807, 2.05) is 24.3 Å². The highest BCUT2D eigenvalue weighted by Gasteiger charge is 2.49. The molecule has 0 unspecified atom stereocenters. The smallest absolute Gasteiger partial charge is 0.277 e. The number of methoxy groups -OCH3 is 2. The molecule has 0 aliphatic carbocycles. The molecule has 0 fully saturated rings. The van der Waals surface area contributed by atoms with Crippen LogP contribution in [0.2, 0.25) is 0 Å². The van der Waals surface area contributed by atoms with E-state index in [4.69, 9.17) is 13.9 Å². The molecule has 1 aliphatic heterocycles. The van der Waals surface area contributed by atoms with E-state index in [0.29, 0.717) is 35.1 Å². The van der Waals surface area contributed by atoms with Crippen LogP contribution in [-0.2, 0) is 17.9 Å². The molecule has 36 heavy (non-hydrogen) atoms. The fourth-order valence-corrected chi connectivity index (χ4v) is 4.38. The molecule has 2 aromatic carbocycles. The van der Waals surface area contributed by atoms with Crippen LogP contribution >= 0.6 is 0 Å². The lowest BCUT2D eigenvalue weighted by atomic mass is 9.93. The number of anilines is 1. The lowest BCUT2D eigenvalue weighted by molar-refractivity contribution is -0.126. The number of nitrogens with zero attached hydrogens (tertiary/aromatic N) is 3. The standard InChI is InChI=1S/C27H26N4O5/c1-27(26(33)28-16-18-6-10-20(34-2)11-7-18)17-30-23(15-22(29-30)24-5-4-14-36-24)25(32)31(27)19-8-12-21(35-3)13-9-19/h4-15H,16-17H2,1-3H3,(H,28,33)/t27-/m1/s1. The zero-order valence-electron chi connectivity index (χ0n) is 20.2. The molecule has 1 atom stereocenters. The first-order valence-electron chi connectivity index (χ1n) is 11.4. The number of hydrogen-bond acceptors (Lipinski definition) is 6. The number of ether oxygens (including phenoxy) is 2. The van der Waals surface area contributed by atoms with Gasteiger partial charge in [-0.2, -0.15) is 5.10 Å². The van der Waals surface area contributed by atoms with Gasteiger partial charge in [0.2, 0.25) is 5.91 Å². The highest BCUT2D eigenvalue weighted by atomic mass is 16.5. The lowest BCUT2D eigenvalue weighted by Crippen LogP contribution is -2.64. The SMILES string of the molecule is COc1ccc(CNC(=O)[C@@]2(C)Cn3nc(-c4ccco4)cc3C(=O)N2c2ccc(OC)cc2)cc1. The van der Waals surface area contributed by atoms with Gasteiger partial charge in [0.25, 0.3) is 5.91 Å². The van der Waals surface area contributed by atoms with Crippen LogP contribution in [0.3, 0.4) is 0 Å². The van der Waals surface area contributed by atoms with Gasteiger partial charge in [0, 0.05) is 18.3 Å². The van der Waals surface area contributed by atoms with Crippen LogP contribution < -0.4 is 19.7 Å². The summed E-state index contributed by atoms with van der Waals surface area (Å²) in [5.74, 6) is 1.30. The molecule has 9 heteroatoms. The second-order valence-corrected chi connectivity index (χ2v) is 8.69. The fraction of sp³-hybridized carbons (Fsp3) is 0.222. The number of hydrogen-bond donors (Lipinski definition) is 1. The molecule has 0 radical (unpaired) electrons. The number of nitrogens with one attached hydrogen (secondary N) is 1. The van der Waals surface area contributed by atoms with E-state index in [0.717, 1.165) is 11.3 Å². The van der Waals surface area contributed by atoms with E-state index in [-0.39, 0.29) is 18.4 Å². The van der Waals surface area contributed by atoms with Crippen molar-refractivity contribution < 1.29 is 23.5 Å². The first-order chi connectivity index (χ1) is 17.4. The Balaban J connectivity index is 1.50. The molecule has 9 nitrogen and oxygen atoms in total. The van der Waals surface area contributed by atoms with E-state index in [9.17, 15) is 9.59 Å². The molecule has 1 N–H and O–H groups in total. The number of fused-ring (bicyclic) bond motifs is 1. The number of carbonyl (C=O) groups is 2. The summed E-state index contributed by atoms with van der Waals surface area (Å²) >= 11 is 0. The number of carbonyl (C=O) groups excluding carboxylic acids is 2. The summed E-state index contributed by atoms with van der Waals surface area (Å²) in [6, 6.07) is 19.7. The normalized spacial score (nSPS) is 17.0. The second kappa shape index (κ2) is 9.26. The van der Waals surface area contributed by atoms with Crippen molar-refractivity contribution in [1.29, 1.82) is 0 Å². The zero-order chi connectivity index (χ0) is 25.3. The molecule has 4 aromatic rings. The number of benzene rings is 2. The third-order valence-electron chi connectivity index (χ3n) is 6.36. The Morgan fingerprint density at radius 3 is 2.33 bits per heavy atom. The minimum atomic E-state index is -1.25. The number of furan rings is 1. The molecule has 0 spiro atoms. The molecule has 0 saturated heterocycles. The summed E-state index contributed by atoms with van der Waals surface area (Å²) in [6.07, 6.45) is 1.55. The molecular formula is C27H26N4O5. The van der Waals surface area contributed by atoms with Crippen molar-refractivity contribution >= 4 is 17.5 Å². The predicted octanol–water partition coefficient (Wildman–Crippen LogP) is 3.90. The van der Waals surface area contributed by atoms with Crippen molar-refractivity contribution in [3.63, 3.8) is 0 Å². The maximum Gasteiger partial charge on any atom is 0.277 e. The molecule has 2 aromatic heterocycles. The fourth-order valence-electron chi connectivity index (χ4n) is 4.38. The van der Waals surface area contributed by atoms with Gasteiger partial charge >= 0.3 is 0 Å². The number of rotatable bonds is 7. The average Bonchev–Trinajstić information content (AvgIpc) is 3.58. The Bertz CT molecular complexity index is 1380. The predicted molar refractivity (Wildman–Crippen MR) is 133 cm³/mol. The van der Waals surface area contributed by atoms with Gasteiger partial charge in [-0.25, -0.2) is 0 Å². The summed E-state index contributed by atoms with van der Waals surface area (Å²) in [4.78, 5) is 29.1. The lowest BCUT2D eigenvalue weighted by Gasteiger charge is -2.43. The molecule has 2 amide bonds. The molecule has 0 bridgehead atoms. The van der Waals surface area contributed by atoms with E-state index in [1.165, 1.54) is 4.90 Å². The molecule has 3 heterocycles. The summed E-state index contributed by atoms with van der Waals surface area (Å²) in [5.41, 5.74) is 1.14. The summed E-state index contributed by atoms with van der Waals surface area (Å²) in [6.45, 7) is 2.21. The van der Waals surface area contributed by atoms with Crippen LogP contribution in [0.25, 0.3) is 11.5 Å². The van der Waals surface area contributed by atoms with Crippen molar-refractivity contribution in [2.45, 2.75) is 25.6 Å². The van der Waals surface area contributed by atoms with Crippen molar-refractivity contribution in [2.24, 2.45) is 0 Å². The third-order valence-corrected chi connectivity index (χ3v) is 6.36. The van der Waals surface area contributed by atoms with Crippen molar-refractivity contribution in [3.8, 4) is 23.0 Å². The van der Waals surface area contributed by atoms with Gasteiger partial charge in [-0.15, -0.1) is 0 Å². The minimum Gasteiger partial charge on any atom is -0.497 e. The topological polar surface area (TPSA) is 98.8 Å². The van der Waals surface area contributed by atoms with Gasteiger partial charge in [-0.3, -0.25) is 19.2 Å². The van der Waals surface area contributed by atoms with E-state index in [1.54, 1.807) is 74.6 Å². The summed E-state index contributed by atoms with van der Waals surface area (Å²) in [7, 11) is 3.18. The van der Waals surface area contributed by atoms with Gasteiger partial charge in [0.05, 0.1) is 27.0 Å². The van der Waals surface area contributed by atoms with Gasteiger partial charge in [-0.1, -0.05) is 12.1 Å². The maximum absolute atomic E-state index is 13.8. The van der Waals surface area contributed by atoms with E-state index < -0.39 is 5.54 Å². The minimum absolute atomic E-state index is 0.162. The molecule has 184 valence electrons. The molecule has 0 saturated carbocycles. The average molecular weight is 487 g/mol. The van der Waals surface area contributed by atoms with Crippen LogP contribution in [0.1, 0.15) is 23.0 Å². The number of amides is 2. The van der Waals surface area contributed by atoms with Crippen molar-refractivity contribution in [3.05, 3.63) is 84.3 Å². The zero-order valence-corrected chi connectivity index (χ0v) is 20.2. The van der Waals surface area contributed by atoms with Crippen LogP contribution in [0.4, 0.5) is 5.69 Å². The van der Waals surface area contributed by atoms with Crippen molar-refractivity contribution in [1.82, 2.24) is 15.1 Å². The van der Waals surface area contributed by atoms with Gasteiger partial charge in [0.15, 0.2) is 5.76 Å². The maximum atomic E-state index is 13.8. The van der Waals surface area contributed by atoms with Crippen molar-refractivity contribution in [2.75, 3.05) is 19.1 Å². The van der Waals surface area contributed by atoms with Crippen LogP contribution in [0.15, 0.2) is 77.4 Å². The molecular weight excluding hydrogens is 460 g/mol. The van der Waals surface area contributed by atoms with Crippen LogP contribution in [0, 0.1) is 0 Å². The first-order valence-corrected chi connectivity index (χ1v) is 11.4. The Hall–Kier alpha value is -4.53. The third kappa shape index (κ3) is 4.08. The highest BCUT2D eigenvalue weighted by molar-refractivity contribution is 6.12. The largest absolute Gasteiger partial charge is 0.497 e. The van der Waals surface area contributed by atoms with E-state index >= 15 is 0 Å². The molecule has 5 rings (SSSR count). The Morgan fingerprint density at radius 1 is 1.06 bits per heavy atom. The number of aromatic nitrogens is 2. The summed E-state index contributed by atoms with van der Waals surface area (Å²) < 4.78 is 17.5. The highest BCUT2D eigenvalue weighted by Crippen LogP contribution is 2.35. The summed E-state index contributed by atoms with van der Waals surface area (Å²) in [5, 5.41) is 7.57.